The number of hydrogen-bond donors (Lipinski definition) is 1. The number of ether oxygens (including phenoxy) is 1. The average Bonchev–Trinajstić information content (AvgIpc) is 3.70. The topological polar surface area (TPSA) is 71.5 Å². The van der Waals surface area contributed by atoms with E-state index in [-0.39, 0.29) is 23.9 Å². The first kappa shape index (κ1) is 21.2. The SMILES string of the molecule is COc1cccc(C2C(C(=O)NCCc3ccccn3)c3ccccc3C(=O)N2C2CC2)c1. The molecular formula is C27H27N3O3. The highest BCUT2D eigenvalue weighted by Crippen LogP contribution is 2.48. The Hall–Kier alpha value is -3.67. The molecule has 1 fully saturated rings. The van der Waals surface area contributed by atoms with E-state index in [9.17, 15) is 9.59 Å². The minimum atomic E-state index is -0.504. The highest BCUT2D eigenvalue weighted by Gasteiger charge is 2.49. The summed E-state index contributed by atoms with van der Waals surface area (Å²) in [6.45, 7) is 0.483. The second kappa shape index (κ2) is 9.06. The summed E-state index contributed by atoms with van der Waals surface area (Å²) >= 11 is 0. The molecule has 168 valence electrons. The quantitative estimate of drug-likeness (QED) is 0.604. The average molecular weight is 442 g/mol. The molecule has 2 amide bonds. The number of fused-ring (bicyclic) bond motifs is 1. The lowest BCUT2D eigenvalue weighted by atomic mass is 9.79. The number of rotatable bonds is 7. The molecule has 0 radical (unpaired) electrons. The van der Waals surface area contributed by atoms with E-state index < -0.39 is 5.92 Å². The monoisotopic (exact) mass is 441 g/mol. The Kier molecular flexibility index (Phi) is 5.82. The second-order valence-electron chi connectivity index (χ2n) is 8.59. The summed E-state index contributed by atoms with van der Waals surface area (Å²) in [5.74, 6) is 0.127. The first-order valence-electron chi connectivity index (χ1n) is 11.4. The van der Waals surface area contributed by atoms with Crippen LogP contribution in [0.25, 0.3) is 0 Å². The molecule has 0 bridgehead atoms. The van der Waals surface area contributed by atoms with Gasteiger partial charge in [0.05, 0.1) is 19.1 Å². The summed E-state index contributed by atoms with van der Waals surface area (Å²) in [5, 5.41) is 3.12. The molecule has 2 unspecified atom stereocenters. The fraction of sp³-hybridized carbons (Fsp3) is 0.296. The highest BCUT2D eigenvalue weighted by molar-refractivity contribution is 6.01. The molecule has 33 heavy (non-hydrogen) atoms. The fourth-order valence-corrected chi connectivity index (χ4v) is 4.74. The zero-order valence-electron chi connectivity index (χ0n) is 18.6. The van der Waals surface area contributed by atoms with E-state index in [1.807, 2.05) is 71.6 Å². The van der Waals surface area contributed by atoms with Crippen LogP contribution in [0, 0.1) is 0 Å². The predicted molar refractivity (Wildman–Crippen MR) is 125 cm³/mol. The van der Waals surface area contributed by atoms with Gasteiger partial charge in [-0.2, -0.15) is 0 Å². The summed E-state index contributed by atoms with van der Waals surface area (Å²) in [5.41, 5.74) is 3.24. The molecular weight excluding hydrogens is 414 g/mol. The summed E-state index contributed by atoms with van der Waals surface area (Å²) in [6.07, 6.45) is 4.33. The third-order valence-corrected chi connectivity index (χ3v) is 6.44. The van der Waals surface area contributed by atoms with Gasteiger partial charge in [0.2, 0.25) is 5.91 Å². The minimum Gasteiger partial charge on any atom is -0.497 e. The maximum absolute atomic E-state index is 13.7. The molecule has 2 atom stereocenters. The van der Waals surface area contributed by atoms with Crippen molar-refractivity contribution in [2.24, 2.45) is 0 Å². The number of aromatic nitrogens is 1. The molecule has 2 aliphatic rings. The molecule has 1 saturated carbocycles. The first-order chi connectivity index (χ1) is 16.2. The van der Waals surface area contributed by atoms with Crippen LogP contribution in [0.3, 0.4) is 0 Å². The van der Waals surface area contributed by atoms with E-state index in [0.717, 1.165) is 29.7 Å². The van der Waals surface area contributed by atoms with Crippen molar-refractivity contribution < 1.29 is 14.3 Å². The van der Waals surface area contributed by atoms with E-state index in [0.29, 0.717) is 24.3 Å². The maximum Gasteiger partial charge on any atom is 0.254 e. The van der Waals surface area contributed by atoms with Gasteiger partial charge in [-0.15, -0.1) is 0 Å². The van der Waals surface area contributed by atoms with E-state index in [1.54, 1.807) is 13.3 Å². The summed E-state index contributed by atoms with van der Waals surface area (Å²) in [7, 11) is 1.63. The van der Waals surface area contributed by atoms with Gasteiger partial charge in [0.1, 0.15) is 5.75 Å². The van der Waals surface area contributed by atoms with Crippen LogP contribution in [0.4, 0.5) is 0 Å². The van der Waals surface area contributed by atoms with Crippen molar-refractivity contribution in [1.82, 2.24) is 15.2 Å². The Labute approximate surface area is 193 Å². The Bertz CT molecular complexity index is 1160. The van der Waals surface area contributed by atoms with Crippen LogP contribution in [0.1, 0.15) is 52.0 Å². The third-order valence-electron chi connectivity index (χ3n) is 6.44. The zero-order chi connectivity index (χ0) is 22.8. The molecule has 0 saturated heterocycles. The van der Waals surface area contributed by atoms with Crippen LogP contribution in [-0.4, -0.2) is 41.4 Å². The van der Waals surface area contributed by atoms with Crippen molar-refractivity contribution in [1.29, 1.82) is 0 Å². The number of nitrogens with one attached hydrogen (secondary N) is 1. The number of benzene rings is 2. The Morgan fingerprint density at radius 2 is 1.91 bits per heavy atom. The molecule has 5 rings (SSSR count). The number of amides is 2. The number of pyridine rings is 1. The van der Waals surface area contributed by atoms with Crippen molar-refractivity contribution in [2.45, 2.75) is 37.3 Å². The van der Waals surface area contributed by atoms with Crippen LogP contribution < -0.4 is 10.1 Å². The van der Waals surface area contributed by atoms with Gasteiger partial charge in [0.15, 0.2) is 0 Å². The number of carbonyl (C=O) groups excluding carboxylic acids is 2. The van der Waals surface area contributed by atoms with Crippen LogP contribution in [0.2, 0.25) is 0 Å². The summed E-state index contributed by atoms with van der Waals surface area (Å²) in [4.78, 5) is 33.5. The van der Waals surface area contributed by atoms with Crippen molar-refractivity contribution in [2.75, 3.05) is 13.7 Å². The Morgan fingerprint density at radius 1 is 1.09 bits per heavy atom. The Balaban J connectivity index is 1.51. The van der Waals surface area contributed by atoms with Crippen LogP contribution in [-0.2, 0) is 11.2 Å². The summed E-state index contributed by atoms with van der Waals surface area (Å²) < 4.78 is 5.45. The molecule has 0 spiro atoms. The lowest BCUT2D eigenvalue weighted by Crippen LogP contribution is -2.48. The standard InChI is InChI=1S/C27H27N3O3/c1-33-21-9-6-7-18(17-21)25-24(26(31)29-16-14-19-8-4-5-15-28-19)22-10-2-3-11-23(22)27(32)30(25)20-12-13-20/h2-11,15,17,20,24-25H,12-14,16H2,1H3,(H,29,31). The molecule has 1 N–H and O–H groups in total. The molecule has 6 heteroatoms. The smallest absolute Gasteiger partial charge is 0.254 e. The van der Waals surface area contributed by atoms with Crippen LogP contribution in [0.5, 0.6) is 5.75 Å². The summed E-state index contributed by atoms with van der Waals surface area (Å²) in [6, 6.07) is 20.8. The van der Waals surface area contributed by atoms with Gasteiger partial charge in [0.25, 0.3) is 5.91 Å². The van der Waals surface area contributed by atoms with E-state index >= 15 is 0 Å². The fourth-order valence-electron chi connectivity index (χ4n) is 4.74. The lowest BCUT2D eigenvalue weighted by molar-refractivity contribution is -0.124. The largest absolute Gasteiger partial charge is 0.497 e. The lowest BCUT2D eigenvalue weighted by Gasteiger charge is -2.42. The Morgan fingerprint density at radius 3 is 2.67 bits per heavy atom. The van der Waals surface area contributed by atoms with Gasteiger partial charge in [-0.25, -0.2) is 0 Å². The minimum absolute atomic E-state index is 0.00143. The normalized spacial score (nSPS) is 19.7. The molecule has 1 aromatic heterocycles. The highest BCUT2D eigenvalue weighted by atomic mass is 16.5. The van der Waals surface area contributed by atoms with Gasteiger partial charge < -0.3 is 15.0 Å². The van der Waals surface area contributed by atoms with Crippen molar-refractivity contribution in [3.05, 3.63) is 95.3 Å². The van der Waals surface area contributed by atoms with Crippen LogP contribution in [0.15, 0.2) is 72.9 Å². The van der Waals surface area contributed by atoms with Gasteiger partial charge in [-0.3, -0.25) is 14.6 Å². The van der Waals surface area contributed by atoms with Crippen molar-refractivity contribution >= 4 is 11.8 Å². The molecule has 6 nitrogen and oxygen atoms in total. The van der Waals surface area contributed by atoms with E-state index in [2.05, 4.69) is 10.3 Å². The molecule has 3 aromatic rings. The maximum atomic E-state index is 13.7. The van der Waals surface area contributed by atoms with Gasteiger partial charge in [-0.1, -0.05) is 36.4 Å². The first-order valence-corrected chi connectivity index (χ1v) is 11.4. The predicted octanol–water partition coefficient (Wildman–Crippen LogP) is 3.89. The van der Waals surface area contributed by atoms with Crippen LogP contribution >= 0.6 is 0 Å². The van der Waals surface area contributed by atoms with Crippen molar-refractivity contribution in [3.63, 3.8) is 0 Å². The van der Waals surface area contributed by atoms with Gasteiger partial charge >= 0.3 is 0 Å². The third kappa shape index (κ3) is 4.21. The molecule has 2 heterocycles. The number of carbonyl (C=O) groups is 2. The second-order valence-corrected chi connectivity index (χ2v) is 8.59. The molecule has 1 aliphatic carbocycles. The zero-order valence-corrected chi connectivity index (χ0v) is 18.6. The van der Waals surface area contributed by atoms with E-state index in [1.165, 1.54) is 0 Å². The van der Waals surface area contributed by atoms with Gasteiger partial charge in [0, 0.05) is 36.5 Å². The number of hydrogen-bond acceptors (Lipinski definition) is 4. The number of methoxy groups -OCH3 is 1. The molecule has 1 aliphatic heterocycles. The molecule has 2 aromatic carbocycles. The number of nitrogens with zero attached hydrogens (tertiary/aromatic N) is 2. The van der Waals surface area contributed by atoms with Gasteiger partial charge in [-0.05, 0) is 54.3 Å². The van der Waals surface area contributed by atoms with E-state index in [4.69, 9.17) is 4.74 Å². The van der Waals surface area contributed by atoms with Crippen molar-refractivity contribution in [3.8, 4) is 5.75 Å².